The highest BCUT2D eigenvalue weighted by molar-refractivity contribution is 6.31. The Bertz CT molecular complexity index is 408. The minimum absolute atomic E-state index is 0.138. The van der Waals surface area contributed by atoms with E-state index in [1.165, 1.54) is 18.2 Å². The van der Waals surface area contributed by atoms with Crippen LogP contribution in [0.4, 0.5) is 17.6 Å². The summed E-state index contributed by atoms with van der Waals surface area (Å²) in [6, 6.07) is 3.83. The molecular formula is C12H15ClF4N2O. The first kappa shape index (κ1) is 17.2. The van der Waals surface area contributed by atoms with Crippen molar-refractivity contribution in [2.45, 2.75) is 25.1 Å². The van der Waals surface area contributed by atoms with Gasteiger partial charge < -0.3 is 4.74 Å². The molecule has 8 heteroatoms. The number of hydrogen-bond acceptors (Lipinski definition) is 3. The van der Waals surface area contributed by atoms with Crippen LogP contribution >= 0.6 is 11.6 Å². The fraction of sp³-hybridized carbons (Fsp3) is 0.500. The van der Waals surface area contributed by atoms with Crippen molar-refractivity contribution < 1.29 is 22.3 Å². The number of nitrogens with one attached hydrogen (secondary N) is 1. The number of rotatable bonds is 7. The number of hydrazine groups is 1. The molecule has 0 saturated heterocycles. The molecule has 3 N–H and O–H groups in total. The zero-order valence-electron chi connectivity index (χ0n) is 10.5. The van der Waals surface area contributed by atoms with Crippen molar-refractivity contribution >= 4 is 11.6 Å². The van der Waals surface area contributed by atoms with Gasteiger partial charge in [-0.2, -0.15) is 13.2 Å². The van der Waals surface area contributed by atoms with Crippen LogP contribution in [0, 0.1) is 5.82 Å². The molecule has 1 unspecified atom stereocenters. The molecule has 0 saturated carbocycles. The number of halogens is 5. The monoisotopic (exact) mass is 314 g/mol. The van der Waals surface area contributed by atoms with Crippen LogP contribution < -0.4 is 11.3 Å². The summed E-state index contributed by atoms with van der Waals surface area (Å²) < 4.78 is 53.7. The molecule has 1 atom stereocenters. The minimum Gasteiger partial charge on any atom is -0.372 e. The van der Waals surface area contributed by atoms with E-state index in [0.29, 0.717) is 0 Å². The number of benzene rings is 1. The van der Waals surface area contributed by atoms with E-state index in [4.69, 9.17) is 17.4 Å². The quantitative estimate of drug-likeness (QED) is 0.352. The van der Waals surface area contributed by atoms with Gasteiger partial charge in [0.2, 0.25) is 0 Å². The van der Waals surface area contributed by atoms with Crippen molar-refractivity contribution in [1.29, 1.82) is 0 Å². The predicted octanol–water partition coefficient (Wildman–Crippen LogP) is 2.82. The topological polar surface area (TPSA) is 47.3 Å². The zero-order valence-corrected chi connectivity index (χ0v) is 11.3. The molecule has 0 aliphatic heterocycles. The van der Waals surface area contributed by atoms with E-state index in [1.54, 1.807) is 0 Å². The first-order valence-corrected chi connectivity index (χ1v) is 6.25. The Morgan fingerprint density at radius 1 is 1.35 bits per heavy atom. The molecule has 0 aromatic heterocycles. The van der Waals surface area contributed by atoms with E-state index in [9.17, 15) is 17.6 Å². The number of nitrogens with two attached hydrogens (primary N) is 1. The minimum atomic E-state index is -4.36. The van der Waals surface area contributed by atoms with Crippen molar-refractivity contribution in [3.05, 3.63) is 34.6 Å². The van der Waals surface area contributed by atoms with Gasteiger partial charge in [0.15, 0.2) is 0 Å². The van der Waals surface area contributed by atoms with Gasteiger partial charge in [0, 0.05) is 23.2 Å². The van der Waals surface area contributed by atoms with Gasteiger partial charge in [0.1, 0.15) is 12.4 Å². The van der Waals surface area contributed by atoms with Crippen molar-refractivity contribution in [3.8, 4) is 0 Å². The Morgan fingerprint density at radius 2 is 2.05 bits per heavy atom. The molecule has 0 fully saturated rings. The average molecular weight is 315 g/mol. The summed E-state index contributed by atoms with van der Waals surface area (Å²) in [6.45, 7) is -1.45. The van der Waals surface area contributed by atoms with Crippen LogP contribution in [0.25, 0.3) is 0 Å². The summed E-state index contributed by atoms with van der Waals surface area (Å²) in [4.78, 5) is 0. The van der Waals surface area contributed by atoms with Crippen molar-refractivity contribution in [1.82, 2.24) is 5.43 Å². The van der Waals surface area contributed by atoms with Crippen LogP contribution in [0.15, 0.2) is 18.2 Å². The van der Waals surface area contributed by atoms with Crippen LogP contribution in [0.2, 0.25) is 5.02 Å². The van der Waals surface area contributed by atoms with Crippen molar-refractivity contribution in [2.24, 2.45) is 5.84 Å². The summed E-state index contributed by atoms with van der Waals surface area (Å²) in [5, 5.41) is 0.251. The Hall–Kier alpha value is -0.890. The van der Waals surface area contributed by atoms with Crippen molar-refractivity contribution in [3.63, 3.8) is 0 Å². The lowest BCUT2D eigenvalue weighted by molar-refractivity contribution is -0.174. The third kappa shape index (κ3) is 6.04. The van der Waals surface area contributed by atoms with Crippen LogP contribution in [0.5, 0.6) is 0 Å². The highest BCUT2D eigenvalue weighted by Gasteiger charge is 2.27. The number of ether oxygens (including phenoxy) is 1. The highest BCUT2D eigenvalue weighted by atomic mass is 35.5. The molecule has 0 heterocycles. The van der Waals surface area contributed by atoms with E-state index in [1.807, 2.05) is 0 Å². The molecule has 0 aliphatic carbocycles. The van der Waals surface area contributed by atoms with E-state index in [0.717, 1.165) is 0 Å². The molecule has 1 aromatic carbocycles. The van der Waals surface area contributed by atoms with Crippen LogP contribution in [-0.4, -0.2) is 25.4 Å². The zero-order chi connectivity index (χ0) is 15.2. The van der Waals surface area contributed by atoms with E-state index < -0.39 is 24.6 Å². The molecule has 0 bridgehead atoms. The van der Waals surface area contributed by atoms with E-state index >= 15 is 0 Å². The van der Waals surface area contributed by atoms with Gasteiger partial charge >= 0.3 is 6.18 Å². The van der Waals surface area contributed by atoms with E-state index in [-0.39, 0.29) is 30.0 Å². The molecular weight excluding hydrogens is 300 g/mol. The second-order valence-electron chi connectivity index (χ2n) is 4.22. The maximum Gasteiger partial charge on any atom is 0.411 e. The van der Waals surface area contributed by atoms with Gasteiger partial charge in [-0.25, -0.2) is 4.39 Å². The standard InChI is InChI=1S/C12H15ClF4N2O/c13-10-2-1-3-11(14)9(10)6-8(19-18)4-5-20-7-12(15,16)17/h1-3,8,19H,4-7,18H2. The molecule has 1 rings (SSSR count). The Labute approximate surface area is 119 Å². The summed E-state index contributed by atoms with van der Waals surface area (Å²) in [6.07, 6.45) is -3.99. The average Bonchev–Trinajstić information content (AvgIpc) is 2.35. The fourth-order valence-electron chi connectivity index (χ4n) is 1.63. The Balaban J connectivity index is 2.47. The second kappa shape index (κ2) is 7.78. The normalized spacial score (nSPS) is 13.5. The van der Waals surface area contributed by atoms with Crippen molar-refractivity contribution in [2.75, 3.05) is 13.2 Å². The third-order valence-electron chi connectivity index (χ3n) is 2.62. The van der Waals surface area contributed by atoms with E-state index in [2.05, 4.69) is 10.2 Å². The van der Waals surface area contributed by atoms with Crippen LogP contribution in [-0.2, 0) is 11.2 Å². The van der Waals surface area contributed by atoms with Gasteiger partial charge in [0.05, 0.1) is 0 Å². The molecule has 0 radical (unpaired) electrons. The molecule has 0 amide bonds. The molecule has 114 valence electrons. The smallest absolute Gasteiger partial charge is 0.372 e. The maximum atomic E-state index is 13.6. The largest absolute Gasteiger partial charge is 0.411 e. The first-order chi connectivity index (χ1) is 9.33. The summed E-state index contributed by atoms with van der Waals surface area (Å²) in [7, 11) is 0. The van der Waals surface area contributed by atoms with Gasteiger partial charge in [-0.3, -0.25) is 11.3 Å². The molecule has 20 heavy (non-hydrogen) atoms. The summed E-state index contributed by atoms with van der Waals surface area (Å²) in [5.74, 6) is 4.82. The fourth-order valence-corrected chi connectivity index (χ4v) is 1.87. The lowest BCUT2D eigenvalue weighted by atomic mass is 10.0. The number of alkyl halides is 3. The third-order valence-corrected chi connectivity index (χ3v) is 2.98. The van der Waals surface area contributed by atoms with Gasteiger partial charge in [-0.1, -0.05) is 17.7 Å². The maximum absolute atomic E-state index is 13.6. The highest BCUT2D eigenvalue weighted by Crippen LogP contribution is 2.21. The Kier molecular flexibility index (Phi) is 6.67. The summed E-state index contributed by atoms with van der Waals surface area (Å²) in [5.41, 5.74) is 2.69. The molecule has 0 aliphatic rings. The van der Waals surface area contributed by atoms with Gasteiger partial charge in [-0.15, -0.1) is 0 Å². The summed E-state index contributed by atoms with van der Waals surface area (Å²) >= 11 is 5.86. The predicted molar refractivity (Wildman–Crippen MR) is 67.7 cm³/mol. The van der Waals surface area contributed by atoms with Crippen LogP contribution in [0.3, 0.4) is 0 Å². The van der Waals surface area contributed by atoms with Gasteiger partial charge in [-0.05, 0) is 25.0 Å². The lowest BCUT2D eigenvalue weighted by Crippen LogP contribution is -2.38. The molecule has 0 spiro atoms. The lowest BCUT2D eigenvalue weighted by Gasteiger charge is -2.17. The number of hydrogen-bond donors (Lipinski definition) is 2. The van der Waals surface area contributed by atoms with Crippen LogP contribution in [0.1, 0.15) is 12.0 Å². The molecule has 1 aromatic rings. The first-order valence-electron chi connectivity index (χ1n) is 5.87. The SMILES string of the molecule is NNC(CCOCC(F)(F)F)Cc1c(F)cccc1Cl. The Morgan fingerprint density at radius 3 is 2.60 bits per heavy atom. The second-order valence-corrected chi connectivity index (χ2v) is 4.63. The van der Waals surface area contributed by atoms with Gasteiger partial charge in [0.25, 0.3) is 0 Å². The molecule has 3 nitrogen and oxygen atoms in total.